The van der Waals surface area contributed by atoms with E-state index in [1.807, 2.05) is 37.2 Å². The van der Waals surface area contributed by atoms with Crippen LogP contribution in [0.15, 0.2) is 48.5 Å². The first-order chi connectivity index (χ1) is 11.0. The fourth-order valence-electron chi connectivity index (χ4n) is 2.32. The molecule has 23 heavy (non-hydrogen) atoms. The summed E-state index contributed by atoms with van der Waals surface area (Å²) in [5.41, 5.74) is 2.25. The fraction of sp³-hybridized carbons (Fsp3) is 0.278. The molecule has 0 aliphatic carbocycles. The summed E-state index contributed by atoms with van der Waals surface area (Å²) in [6.07, 6.45) is -0.836. The lowest BCUT2D eigenvalue weighted by molar-refractivity contribution is 0.0916. The number of carbonyl (C=O) groups excluding carboxylic acids is 1. The average molecular weight is 333 g/mol. The second-order valence-electron chi connectivity index (χ2n) is 5.69. The first-order valence-electron chi connectivity index (χ1n) is 7.41. The lowest BCUT2D eigenvalue weighted by Crippen LogP contribution is -2.28. The predicted octanol–water partition coefficient (Wildman–Crippen LogP) is 2.87. The molecule has 0 spiro atoms. The summed E-state index contributed by atoms with van der Waals surface area (Å²) in [6.45, 7) is 0.879. The Morgan fingerprint density at radius 2 is 1.96 bits per heavy atom. The maximum atomic E-state index is 12.2. The lowest BCUT2D eigenvalue weighted by Gasteiger charge is -2.14. The lowest BCUT2D eigenvalue weighted by atomic mass is 10.1. The molecule has 0 bridgehead atoms. The van der Waals surface area contributed by atoms with Crippen LogP contribution in [-0.2, 0) is 6.54 Å². The van der Waals surface area contributed by atoms with Gasteiger partial charge in [0.15, 0.2) is 0 Å². The zero-order valence-corrected chi connectivity index (χ0v) is 14.0. The van der Waals surface area contributed by atoms with Crippen molar-refractivity contribution < 1.29 is 9.90 Å². The fourth-order valence-corrected chi connectivity index (χ4v) is 2.58. The van der Waals surface area contributed by atoms with Crippen LogP contribution in [0, 0.1) is 0 Å². The van der Waals surface area contributed by atoms with Crippen LogP contribution in [0.25, 0.3) is 0 Å². The molecule has 2 rings (SSSR count). The molecule has 5 heteroatoms. The third-order valence-electron chi connectivity index (χ3n) is 3.41. The van der Waals surface area contributed by atoms with Crippen molar-refractivity contribution in [2.24, 2.45) is 0 Å². The van der Waals surface area contributed by atoms with Crippen LogP contribution in [0.1, 0.15) is 27.6 Å². The predicted molar refractivity (Wildman–Crippen MR) is 92.6 cm³/mol. The van der Waals surface area contributed by atoms with Crippen LogP contribution in [0.4, 0.5) is 0 Å². The molecule has 1 atom stereocenters. The molecule has 0 aromatic heterocycles. The molecule has 1 unspecified atom stereocenters. The van der Waals surface area contributed by atoms with Gasteiger partial charge in [0.05, 0.1) is 6.10 Å². The van der Waals surface area contributed by atoms with E-state index in [-0.39, 0.29) is 12.5 Å². The summed E-state index contributed by atoms with van der Waals surface area (Å²) in [7, 11) is 3.96. The highest BCUT2D eigenvalue weighted by molar-refractivity contribution is 6.31. The van der Waals surface area contributed by atoms with Crippen molar-refractivity contribution >= 4 is 17.5 Å². The minimum absolute atomic E-state index is 0.112. The Morgan fingerprint density at radius 3 is 2.65 bits per heavy atom. The maximum absolute atomic E-state index is 12.2. The number of aliphatic hydroxyl groups excluding tert-OH is 1. The van der Waals surface area contributed by atoms with Crippen LogP contribution >= 0.6 is 11.6 Å². The molecule has 122 valence electrons. The van der Waals surface area contributed by atoms with Gasteiger partial charge in [-0.1, -0.05) is 41.9 Å². The Labute approximate surface area is 141 Å². The number of benzene rings is 2. The minimum atomic E-state index is -0.836. The van der Waals surface area contributed by atoms with Crippen molar-refractivity contribution in [1.29, 1.82) is 0 Å². The van der Waals surface area contributed by atoms with Crippen LogP contribution in [-0.4, -0.2) is 36.6 Å². The smallest absolute Gasteiger partial charge is 0.251 e. The van der Waals surface area contributed by atoms with Gasteiger partial charge >= 0.3 is 0 Å². The van der Waals surface area contributed by atoms with Crippen molar-refractivity contribution in [3.8, 4) is 0 Å². The van der Waals surface area contributed by atoms with E-state index < -0.39 is 6.10 Å². The van der Waals surface area contributed by atoms with Gasteiger partial charge in [0.2, 0.25) is 0 Å². The number of amides is 1. The van der Waals surface area contributed by atoms with Gasteiger partial charge in [-0.2, -0.15) is 0 Å². The van der Waals surface area contributed by atoms with E-state index in [1.54, 1.807) is 30.3 Å². The van der Waals surface area contributed by atoms with Crippen molar-refractivity contribution in [3.63, 3.8) is 0 Å². The summed E-state index contributed by atoms with van der Waals surface area (Å²) in [6, 6.07) is 14.5. The third kappa shape index (κ3) is 5.06. The SMILES string of the molecule is CN(C)Cc1cccc(C(=O)NCC(O)c2ccccc2Cl)c1. The molecule has 0 radical (unpaired) electrons. The molecule has 4 nitrogen and oxygen atoms in total. The van der Waals surface area contributed by atoms with E-state index in [1.165, 1.54) is 0 Å². The Kier molecular flexibility index (Phi) is 6.16. The highest BCUT2D eigenvalue weighted by Crippen LogP contribution is 2.21. The number of aliphatic hydroxyl groups is 1. The van der Waals surface area contributed by atoms with Crippen molar-refractivity contribution in [1.82, 2.24) is 10.2 Å². The third-order valence-corrected chi connectivity index (χ3v) is 3.75. The van der Waals surface area contributed by atoms with Crippen LogP contribution in [0.2, 0.25) is 5.02 Å². The molecular formula is C18H21ClN2O2. The van der Waals surface area contributed by atoms with E-state index in [2.05, 4.69) is 5.32 Å². The first-order valence-corrected chi connectivity index (χ1v) is 7.79. The quantitative estimate of drug-likeness (QED) is 0.855. The molecular weight excluding hydrogens is 312 g/mol. The van der Waals surface area contributed by atoms with Gasteiger partial charge in [-0.15, -0.1) is 0 Å². The molecule has 2 aromatic rings. The minimum Gasteiger partial charge on any atom is -0.387 e. The van der Waals surface area contributed by atoms with E-state index in [9.17, 15) is 9.90 Å². The summed E-state index contributed by atoms with van der Waals surface area (Å²) in [5, 5.41) is 13.4. The largest absolute Gasteiger partial charge is 0.387 e. The molecule has 0 saturated heterocycles. The van der Waals surface area contributed by atoms with Gasteiger partial charge in [0.25, 0.3) is 5.91 Å². The molecule has 0 fully saturated rings. The summed E-state index contributed by atoms with van der Waals surface area (Å²) >= 11 is 6.04. The van der Waals surface area contributed by atoms with Crippen molar-refractivity contribution in [2.75, 3.05) is 20.6 Å². The number of rotatable bonds is 6. The van der Waals surface area contributed by atoms with E-state index in [0.717, 1.165) is 12.1 Å². The van der Waals surface area contributed by atoms with Gasteiger partial charge in [-0.05, 0) is 37.9 Å². The number of hydrogen-bond donors (Lipinski definition) is 2. The van der Waals surface area contributed by atoms with Gasteiger partial charge in [0.1, 0.15) is 0 Å². The summed E-state index contributed by atoms with van der Waals surface area (Å²) in [4.78, 5) is 14.3. The standard InChI is InChI=1S/C18H21ClN2O2/c1-21(2)12-13-6-5-7-14(10-13)18(23)20-11-17(22)15-8-3-4-9-16(15)19/h3-10,17,22H,11-12H2,1-2H3,(H,20,23). The van der Waals surface area contributed by atoms with Gasteiger partial charge in [0, 0.05) is 29.2 Å². The molecule has 0 aliphatic rings. The van der Waals surface area contributed by atoms with Gasteiger partial charge in [-0.3, -0.25) is 4.79 Å². The monoisotopic (exact) mass is 332 g/mol. The molecule has 0 aliphatic heterocycles. The maximum Gasteiger partial charge on any atom is 0.251 e. The Balaban J connectivity index is 1.98. The molecule has 2 aromatic carbocycles. The first kappa shape index (κ1) is 17.5. The summed E-state index contributed by atoms with van der Waals surface area (Å²) in [5.74, 6) is -0.211. The number of nitrogens with one attached hydrogen (secondary N) is 1. The molecule has 1 amide bonds. The van der Waals surface area contributed by atoms with Crippen LogP contribution in [0.3, 0.4) is 0 Å². The average Bonchev–Trinajstić information content (AvgIpc) is 2.52. The van der Waals surface area contributed by atoms with Gasteiger partial charge in [-0.25, -0.2) is 0 Å². The summed E-state index contributed by atoms with van der Waals surface area (Å²) < 4.78 is 0. The number of halogens is 1. The van der Waals surface area contributed by atoms with Crippen molar-refractivity contribution in [2.45, 2.75) is 12.6 Å². The molecule has 0 saturated carbocycles. The Hall–Kier alpha value is -1.88. The zero-order valence-electron chi connectivity index (χ0n) is 13.3. The second-order valence-corrected chi connectivity index (χ2v) is 6.09. The number of nitrogens with zero attached hydrogens (tertiary/aromatic N) is 1. The van der Waals surface area contributed by atoms with E-state index in [0.29, 0.717) is 16.1 Å². The molecule has 0 heterocycles. The molecule has 2 N–H and O–H groups in total. The highest BCUT2D eigenvalue weighted by Gasteiger charge is 2.13. The van der Waals surface area contributed by atoms with E-state index in [4.69, 9.17) is 11.6 Å². The normalized spacial score (nSPS) is 12.2. The second kappa shape index (κ2) is 8.11. The number of carbonyl (C=O) groups is 1. The Morgan fingerprint density at radius 1 is 1.22 bits per heavy atom. The van der Waals surface area contributed by atoms with Crippen LogP contribution in [0.5, 0.6) is 0 Å². The topological polar surface area (TPSA) is 52.6 Å². The van der Waals surface area contributed by atoms with Crippen LogP contribution < -0.4 is 5.32 Å². The van der Waals surface area contributed by atoms with Crippen molar-refractivity contribution in [3.05, 3.63) is 70.2 Å². The number of hydrogen-bond acceptors (Lipinski definition) is 3. The van der Waals surface area contributed by atoms with E-state index >= 15 is 0 Å². The Bertz CT molecular complexity index is 674. The zero-order chi connectivity index (χ0) is 16.8. The van der Waals surface area contributed by atoms with Gasteiger partial charge < -0.3 is 15.3 Å². The highest BCUT2D eigenvalue weighted by atomic mass is 35.5.